The van der Waals surface area contributed by atoms with E-state index in [2.05, 4.69) is 14.9 Å². The highest BCUT2D eigenvalue weighted by Crippen LogP contribution is 2.27. The van der Waals surface area contributed by atoms with E-state index in [1.165, 1.54) is 0 Å². The molecular formula is C15H20N4O. The van der Waals surface area contributed by atoms with Crippen LogP contribution in [0.3, 0.4) is 0 Å². The van der Waals surface area contributed by atoms with Crippen molar-refractivity contribution in [2.45, 2.75) is 12.8 Å². The number of nitrogen functional groups attached to an aromatic ring is 1. The molecule has 2 heterocycles. The third-order valence-electron chi connectivity index (χ3n) is 3.89. The number of anilines is 2. The van der Waals surface area contributed by atoms with Crippen molar-refractivity contribution >= 4 is 22.7 Å². The lowest BCUT2D eigenvalue weighted by atomic mass is 9.98. The van der Waals surface area contributed by atoms with Crippen molar-refractivity contribution in [3.8, 4) is 0 Å². The maximum Gasteiger partial charge on any atom is 0.172 e. The van der Waals surface area contributed by atoms with Gasteiger partial charge in [0.2, 0.25) is 0 Å². The number of rotatable bonds is 3. The number of ether oxygens (including phenoxy) is 1. The summed E-state index contributed by atoms with van der Waals surface area (Å²) in [7, 11) is 1.76. The monoisotopic (exact) mass is 272 g/mol. The standard InChI is InChI=1S/C15H20N4O/c1-20-10-11-6-8-19(9-7-11)15-14(16)17-12-4-2-3-5-13(12)18-15/h2-5,11H,6-10H2,1H3,(H2,16,17). The minimum Gasteiger partial charge on any atom is -0.384 e. The molecule has 0 aliphatic carbocycles. The van der Waals surface area contributed by atoms with Crippen molar-refractivity contribution in [3.63, 3.8) is 0 Å². The van der Waals surface area contributed by atoms with E-state index < -0.39 is 0 Å². The number of fused-ring (bicyclic) bond motifs is 1. The van der Waals surface area contributed by atoms with Crippen molar-refractivity contribution in [2.75, 3.05) is 37.4 Å². The Bertz CT molecular complexity index is 593. The number of aromatic nitrogens is 2. The Labute approximate surface area is 118 Å². The molecule has 5 nitrogen and oxygen atoms in total. The Morgan fingerprint density at radius 3 is 2.50 bits per heavy atom. The summed E-state index contributed by atoms with van der Waals surface area (Å²) < 4.78 is 5.23. The predicted octanol–water partition coefficient (Wildman–Crippen LogP) is 2.07. The summed E-state index contributed by atoms with van der Waals surface area (Å²) in [5.41, 5.74) is 7.82. The second kappa shape index (κ2) is 5.63. The van der Waals surface area contributed by atoms with Crippen LogP contribution in [0.2, 0.25) is 0 Å². The van der Waals surface area contributed by atoms with Gasteiger partial charge in [-0.05, 0) is 30.9 Å². The third kappa shape index (κ3) is 2.54. The molecule has 0 saturated carbocycles. The molecule has 5 heteroatoms. The number of nitrogens with zero attached hydrogens (tertiary/aromatic N) is 3. The topological polar surface area (TPSA) is 64.3 Å². The van der Waals surface area contributed by atoms with Gasteiger partial charge in [-0.25, -0.2) is 9.97 Å². The molecule has 20 heavy (non-hydrogen) atoms. The van der Waals surface area contributed by atoms with Crippen LogP contribution in [0.1, 0.15) is 12.8 Å². The Morgan fingerprint density at radius 1 is 1.20 bits per heavy atom. The molecule has 2 N–H and O–H groups in total. The van der Waals surface area contributed by atoms with E-state index in [0.717, 1.165) is 49.4 Å². The van der Waals surface area contributed by atoms with Crippen LogP contribution in [0.15, 0.2) is 24.3 Å². The van der Waals surface area contributed by atoms with E-state index in [1.54, 1.807) is 7.11 Å². The summed E-state index contributed by atoms with van der Waals surface area (Å²) in [6, 6.07) is 7.84. The van der Waals surface area contributed by atoms with Crippen molar-refractivity contribution < 1.29 is 4.74 Å². The lowest BCUT2D eigenvalue weighted by Crippen LogP contribution is -2.36. The van der Waals surface area contributed by atoms with Crippen molar-refractivity contribution in [1.29, 1.82) is 0 Å². The van der Waals surface area contributed by atoms with Crippen LogP contribution in [0.4, 0.5) is 11.6 Å². The SMILES string of the molecule is COCC1CCN(c2nc3ccccc3nc2N)CC1. The zero-order chi connectivity index (χ0) is 13.9. The van der Waals surface area contributed by atoms with Gasteiger partial charge < -0.3 is 15.4 Å². The number of methoxy groups -OCH3 is 1. The Kier molecular flexibility index (Phi) is 3.69. The minimum atomic E-state index is 0.522. The first kappa shape index (κ1) is 13.1. The second-order valence-corrected chi connectivity index (χ2v) is 5.31. The van der Waals surface area contributed by atoms with Gasteiger partial charge in [0.25, 0.3) is 0 Å². The Morgan fingerprint density at radius 2 is 1.85 bits per heavy atom. The first-order valence-electron chi connectivity index (χ1n) is 7.04. The third-order valence-corrected chi connectivity index (χ3v) is 3.89. The molecule has 1 aliphatic heterocycles. The molecule has 0 unspecified atom stereocenters. The maximum atomic E-state index is 6.07. The second-order valence-electron chi connectivity index (χ2n) is 5.31. The van der Waals surface area contributed by atoms with E-state index in [4.69, 9.17) is 10.5 Å². The van der Waals surface area contributed by atoms with E-state index in [-0.39, 0.29) is 0 Å². The van der Waals surface area contributed by atoms with Gasteiger partial charge in [0.15, 0.2) is 11.6 Å². The summed E-state index contributed by atoms with van der Waals surface area (Å²) in [5.74, 6) is 1.99. The van der Waals surface area contributed by atoms with Crippen molar-refractivity contribution in [2.24, 2.45) is 5.92 Å². The molecule has 1 aromatic heterocycles. The number of piperidine rings is 1. The van der Waals surface area contributed by atoms with Gasteiger partial charge in [-0.2, -0.15) is 0 Å². The van der Waals surface area contributed by atoms with Crippen LogP contribution in [0.5, 0.6) is 0 Å². The highest BCUT2D eigenvalue weighted by atomic mass is 16.5. The summed E-state index contributed by atoms with van der Waals surface area (Å²) in [5, 5.41) is 0. The van der Waals surface area contributed by atoms with Gasteiger partial charge >= 0.3 is 0 Å². The lowest BCUT2D eigenvalue weighted by Gasteiger charge is -2.32. The number of hydrogen-bond acceptors (Lipinski definition) is 5. The normalized spacial score (nSPS) is 16.8. The molecule has 3 rings (SSSR count). The number of para-hydroxylation sites is 2. The van der Waals surface area contributed by atoms with Crippen molar-refractivity contribution in [1.82, 2.24) is 9.97 Å². The largest absolute Gasteiger partial charge is 0.384 e. The van der Waals surface area contributed by atoms with Gasteiger partial charge in [-0.15, -0.1) is 0 Å². The molecule has 1 saturated heterocycles. The first-order chi connectivity index (χ1) is 9.78. The molecule has 1 aliphatic rings. The molecule has 2 aromatic rings. The van der Waals surface area contributed by atoms with Gasteiger partial charge in [-0.1, -0.05) is 12.1 Å². The highest BCUT2D eigenvalue weighted by molar-refractivity contribution is 5.79. The molecule has 1 fully saturated rings. The molecule has 0 radical (unpaired) electrons. The van der Waals surface area contributed by atoms with Crippen LogP contribution >= 0.6 is 0 Å². The van der Waals surface area contributed by atoms with Crippen LogP contribution in [-0.4, -0.2) is 36.8 Å². The summed E-state index contributed by atoms with van der Waals surface area (Å²) in [4.78, 5) is 11.4. The molecule has 0 spiro atoms. The molecular weight excluding hydrogens is 252 g/mol. The molecule has 1 aromatic carbocycles. The van der Waals surface area contributed by atoms with Gasteiger partial charge in [0.05, 0.1) is 11.0 Å². The fraction of sp³-hybridized carbons (Fsp3) is 0.467. The lowest BCUT2D eigenvalue weighted by molar-refractivity contribution is 0.139. The zero-order valence-electron chi connectivity index (χ0n) is 11.7. The minimum absolute atomic E-state index is 0.522. The van der Waals surface area contributed by atoms with Crippen molar-refractivity contribution in [3.05, 3.63) is 24.3 Å². The fourth-order valence-corrected chi connectivity index (χ4v) is 2.78. The van der Waals surface area contributed by atoms with Crippen LogP contribution < -0.4 is 10.6 Å². The summed E-state index contributed by atoms with van der Waals surface area (Å²) in [6.07, 6.45) is 2.23. The fourth-order valence-electron chi connectivity index (χ4n) is 2.78. The number of hydrogen-bond donors (Lipinski definition) is 1. The van der Waals surface area contributed by atoms with Gasteiger partial charge in [-0.3, -0.25) is 0 Å². The van der Waals surface area contributed by atoms with Crippen LogP contribution in [0, 0.1) is 5.92 Å². The molecule has 0 bridgehead atoms. The average molecular weight is 272 g/mol. The first-order valence-corrected chi connectivity index (χ1v) is 7.04. The number of nitrogens with two attached hydrogens (primary N) is 1. The predicted molar refractivity (Wildman–Crippen MR) is 80.8 cm³/mol. The molecule has 106 valence electrons. The smallest absolute Gasteiger partial charge is 0.172 e. The van der Waals surface area contributed by atoms with E-state index in [0.29, 0.717) is 11.7 Å². The van der Waals surface area contributed by atoms with Crippen LogP contribution in [0.25, 0.3) is 11.0 Å². The van der Waals surface area contributed by atoms with E-state index in [9.17, 15) is 0 Å². The zero-order valence-corrected chi connectivity index (χ0v) is 11.7. The van der Waals surface area contributed by atoms with Gasteiger partial charge in [0, 0.05) is 26.8 Å². The Hall–Kier alpha value is -1.88. The van der Waals surface area contributed by atoms with E-state index in [1.807, 2.05) is 24.3 Å². The van der Waals surface area contributed by atoms with E-state index >= 15 is 0 Å². The Balaban J connectivity index is 1.82. The van der Waals surface area contributed by atoms with Crippen LogP contribution in [-0.2, 0) is 4.74 Å². The highest BCUT2D eigenvalue weighted by Gasteiger charge is 2.22. The quantitative estimate of drug-likeness (QED) is 0.926. The summed E-state index contributed by atoms with van der Waals surface area (Å²) >= 11 is 0. The average Bonchev–Trinajstić information content (AvgIpc) is 2.48. The summed E-state index contributed by atoms with van der Waals surface area (Å²) in [6.45, 7) is 2.77. The molecule has 0 amide bonds. The maximum absolute atomic E-state index is 6.07. The number of benzene rings is 1. The molecule has 0 atom stereocenters. The van der Waals surface area contributed by atoms with Gasteiger partial charge in [0.1, 0.15) is 0 Å².